The smallest absolute Gasteiger partial charge is 0.172 e. The van der Waals surface area contributed by atoms with E-state index in [1.165, 1.54) is 12.8 Å². The second-order valence-corrected chi connectivity index (χ2v) is 6.64. The summed E-state index contributed by atoms with van der Waals surface area (Å²) in [7, 11) is 0. The van der Waals surface area contributed by atoms with Gasteiger partial charge in [-0.3, -0.25) is 0 Å². The Morgan fingerprint density at radius 2 is 1.59 bits per heavy atom. The van der Waals surface area contributed by atoms with E-state index in [1.807, 2.05) is 0 Å². The van der Waals surface area contributed by atoms with Crippen LogP contribution >= 0.6 is 0 Å². The van der Waals surface area contributed by atoms with Gasteiger partial charge in [-0.25, -0.2) is 0 Å². The first-order chi connectivity index (χ1) is 7.93. The lowest BCUT2D eigenvalue weighted by Crippen LogP contribution is -2.56. The summed E-state index contributed by atoms with van der Waals surface area (Å²) in [4.78, 5) is 0. The summed E-state index contributed by atoms with van der Waals surface area (Å²) in [6, 6.07) is 0. The Balaban J connectivity index is 2.22. The molecule has 1 aliphatic carbocycles. The van der Waals surface area contributed by atoms with Gasteiger partial charge in [-0.2, -0.15) is 0 Å². The van der Waals surface area contributed by atoms with Crippen molar-refractivity contribution >= 4 is 0 Å². The normalized spacial score (nSPS) is 47.6. The molecular formula is C15H28O2. The maximum Gasteiger partial charge on any atom is 0.172 e. The molecule has 2 rings (SSSR count). The van der Waals surface area contributed by atoms with E-state index in [0.29, 0.717) is 24.0 Å². The first kappa shape index (κ1) is 13.4. The Kier molecular flexibility index (Phi) is 3.84. The van der Waals surface area contributed by atoms with Crippen molar-refractivity contribution in [2.24, 2.45) is 17.8 Å². The van der Waals surface area contributed by atoms with Crippen molar-refractivity contribution in [1.29, 1.82) is 0 Å². The van der Waals surface area contributed by atoms with Gasteiger partial charge in [0.1, 0.15) is 0 Å². The van der Waals surface area contributed by atoms with Gasteiger partial charge in [-0.05, 0) is 38.5 Å². The highest BCUT2D eigenvalue weighted by atomic mass is 16.7. The van der Waals surface area contributed by atoms with Crippen molar-refractivity contribution in [3.05, 3.63) is 0 Å². The Hall–Kier alpha value is -0.0800. The maximum absolute atomic E-state index is 6.31. The van der Waals surface area contributed by atoms with Crippen molar-refractivity contribution in [3.63, 3.8) is 0 Å². The fourth-order valence-corrected chi connectivity index (χ4v) is 3.81. The highest BCUT2D eigenvalue weighted by Gasteiger charge is 2.50. The van der Waals surface area contributed by atoms with Crippen LogP contribution in [0.3, 0.4) is 0 Å². The van der Waals surface area contributed by atoms with Crippen LogP contribution in [0.4, 0.5) is 0 Å². The molecule has 1 saturated carbocycles. The molecule has 5 atom stereocenters. The third-order valence-electron chi connectivity index (χ3n) is 4.44. The van der Waals surface area contributed by atoms with Crippen molar-refractivity contribution in [2.75, 3.05) is 0 Å². The van der Waals surface area contributed by atoms with E-state index in [0.717, 1.165) is 18.8 Å². The van der Waals surface area contributed by atoms with E-state index in [-0.39, 0.29) is 5.79 Å². The van der Waals surface area contributed by atoms with E-state index in [9.17, 15) is 0 Å². The summed E-state index contributed by atoms with van der Waals surface area (Å²) in [6.07, 6.45) is 5.35. The lowest BCUT2D eigenvalue weighted by molar-refractivity contribution is -0.354. The molecular weight excluding hydrogens is 212 g/mol. The van der Waals surface area contributed by atoms with Gasteiger partial charge in [0.05, 0.1) is 12.2 Å². The summed E-state index contributed by atoms with van der Waals surface area (Å²) >= 11 is 0. The standard InChI is InChI=1S/C15H28O2/c1-10(2)14-7-6-11(3)9-15(14)16-12(4)8-13(5)17-15/h10-14H,6-9H2,1-5H3/t11-,12-,13+,14+,15?/m1/s1. The summed E-state index contributed by atoms with van der Waals surface area (Å²) in [5.74, 6) is 1.63. The molecule has 0 aromatic carbocycles. The first-order valence-electron chi connectivity index (χ1n) is 7.28. The molecule has 17 heavy (non-hydrogen) atoms. The molecule has 1 saturated heterocycles. The average Bonchev–Trinajstić information content (AvgIpc) is 2.13. The predicted molar refractivity (Wildman–Crippen MR) is 69.8 cm³/mol. The third kappa shape index (κ3) is 2.68. The Morgan fingerprint density at radius 1 is 1.00 bits per heavy atom. The molecule has 2 nitrogen and oxygen atoms in total. The Bertz CT molecular complexity index is 246. The van der Waals surface area contributed by atoms with Crippen LogP contribution in [0.5, 0.6) is 0 Å². The van der Waals surface area contributed by atoms with Gasteiger partial charge >= 0.3 is 0 Å². The van der Waals surface area contributed by atoms with E-state index in [1.54, 1.807) is 0 Å². The second-order valence-electron chi connectivity index (χ2n) is 6.64. The molecule has 0 aromatic heterocycles. The van der Waals surface area contributed by atoms with Gasteiger partial charge in [-0.1, -0.05) is 27.2 Å². The zero-order valence-electron chi connectivity index (χ0n) is 12.0. The third-order valence-corrected chi connectivity index (χ3v) is 4.44. The molecule has 100 valence electrons. The van der Waals surface area contributed by atoms with Crippen molar-refractivity contribution in [2.45, 2.75) is 78.3 Å². The van der Waals surface area contributed by atoms with Gasteiger partial charge in [0, 0.05) is 12.3 Å². The van der Waals surface area contributed by atoms with Crippen molar-refractivity contribution in [3.8, 4) is 0 Å². The fraction of sp³-hybridized carbons (Fsp3) is 1.00. The Labute approximate surface area is 106 Å². The molecule has 0 aromatic rings. The Morgan fingerprint density at radius 3 is 2.12 bits per heavy atom. The van der Waals surface area contributed by atoms with Gasteiger partial charge < -0.3 is 9.47 Å². The van der Waals surface area contributed by atoms with E-state index < -0.39 is 0 Å². The zero-order valence-corrected chi connectivity index (χ0v) is 12.0. The number of rotatable bonds is 1. The van der Waals surface area contributed by atoms with Crippen LogP contribution < -0.4 is 0 Å². The minimum Gasteiger partial charge on any atom is -0.347 e. The molecule has 1 unspecified atom stereocenters. The minimum atomic E-state index is -0.289. The molecule has 0 bridgehead atoms. The van der Waals surface area contributed by atoms with Crippen LogP contribution in [0.1, 0.15) is 60.3 Å². The zero-order chi connectivity index (χ0) is 12.6. The highest BCUT2D eigenvalue weighted by Crippen LogP contribution is 2.47. The number of ether oxygens (including phenoxy) is 2. The molecule has 2 fully saturated rings. The van der Waals surface area contributed by atoms with Crippen LogP contribution in [0.25, 0.3) is 0 Å². The highest BCUT2D eigenvalue weighted by molar-refractivity contribution is 4.92. The van der Waals surface area contributed by atoms with E-state index in [4.69, 9.17) is 9.47 Å². The topological polar surface area (TPSA) is 18.5 Å². The minimum absolute atomic E-state index is 0.289. The van der Waals surface area contributed by atoms with Gasteiger partial charge in [0.25, 0.3) is 0 Å². The molecule has 1 spiro atoms. The van der Waals surface area contributed by atoms with Crippen LogP contribution in [-0.2, 0) is 9.47 Å². The van der Waals surface area contributed by atoms with E-state index >= 15 is 0 Å². The van der Waals surface area contributed by atoms with Gasteiger partial charge in [0.2, 0.25) is 0 Å². The predicted octanol–water partition coefficient (Wildman–Crippen LogP) is 3.99. The largest absolute Gasteiger partial charge is 0.347 e. The molecule has 0 radical (unpaired) electrons. The van der Waals surface area contributed by atoms with Crippen molar-refractivity contribution in [1.82, 2.24) is 0 Å². The van der Waals surface area contributed by atoms with Crippen LogP contribution in [0.2, 0.25) is 0 Å². The van der Waals surface area contributed by atoms with Crippen molar-refractivity contribution < 1.29 is 9.47 Å². The molecule has 1 aliphatic heterocycles. The molecule has 1 heterocycles. The maximum atomic E-state index is 6.31. The lowest BCUT2D eigenvalue weighted by Gasteiger charge is -2.52. The lowest BCUT2D eigenvalue weighted by atomic mass is 9.72. The number of hydrogen-bond donors (Lipinski definition) is 0. The molecule has 2 aliphatic rings. The SMILES string of the molecule is CC(C)[C@@H]1CC[C@@H](C)CC12O[C@H](C)C[C@H](C)O2. The summed E-state index contributed by atoms with van der Waals surface area (Å²) in [6.45, 7) is 11.3. The summed E-state index contributed by atoms with van der Waals surface area (Å²) in [5, 5.41) is 0. The van der Waals surface area contributed by atoms with E-state index in [2.05, 4.69) is 34.6 Å². The van der Waals surface area contributed by atoms with Crippen LogP contribution in [0.15, 0.2) is 0 Å². The second kappa shape index (κ2) is 4.89. The molecule has 0 N–H and O–H groups in total. The van der Waals surface area contributed by atoms with Gasteiger partial charge in [-0.15, -0.1) is 0 Å². The summed E-state index contributed by atoms with van der Waals surface area (Å²) in [5.41, 5.74) is 0. The van der Waals surface area contributed by atoms with Crippen LogP contribution in [-0.4, -0.2) is 18.0 Å². The molecule has 0 amide bonds. The monoisotopic (exact) mass is 240 g/mol. The summed E-state index contributed by atoms with van der Waals surface area (Å²) < 4.78 is 12.6. The van der Waals surface area contributed by atoms with Gasteiger partial charge in [0.15, 0.2) is 5.79 Å². The van der Waals surface area contributed by atoms with Crippen LogP contribution in [0, 0.1) is 17.8 Å². The first-order valence-corrected chi connectivity index (χ1v) is 7.28. The average molecular weight is 240 g/mol. The molecule has 2 heteroatoms. The number of hydrogen-bond acceptors (Lipinski definition) is 2. The fourth-order valence-electron chi connectivity index (χ4n) is 3.81. The quantitative estimate of drug-likeness (QED) is 0.690.